The molecule has 0 amide bonds. The summed E-state index contributed by atoms with van der Waals surface area (Å²) < 4.78 is 0. The highest BCUT2D eigenvalue weighted by Crippen LogP contribution is 2.26. The van der Waals surface area contributed by atoms with Crippen molar-refractivity contribution in [1.82, 2.24) is 5.32 Å². The van der Waals surface area contributed by atoms with E-state index in [-0.39, 0.29) is 19.6 Å². The van der Waals surface area contributed by atoms with Crippen LogP contribution in [0, 0.1) is 0 Å². The molecular weight excluding hydrogens is 146 g/mol. The van der Waals surface area contributed by atoms with E-state index in [2.05, 4.69) is 5.32 Å². The zero-order valence-electron chi connectivity index (χ0n) is 6.01. The zero-order chi connectivity index (χ0) is 6.27. The molecule has 10 heavy (non-hydrogen) atoms. The third-order valence-corrected chi connectivity index (χ3v) is 2.45. The molecule has 0 saturated carbocycles. The Morgan fingerprint density at radius 1 is 1.10 bits per heavy atom. The maximum absolute atomic E-state index is 9.25. The van der Waals surface area contributed by atoms with Crippen LogP contribution in [-0.2, 0) is 0 Å². The van der Waals surface area contributed by atoms with Gasteiger partial charge in [0.1, 0.15) is 0 Å². The van der Waals surface area contributed by atoms with Gasteiger partial charge < -0.3 is 10.4 Å². The first-order chi connectivity index (χ1) is 4.34. The van der Waals surface area contributed by atoms with Gasteiger partial charge in [-0.3, -0.25) is 0 Å². The van der Waals surface area contributed by atoms with Crippen molar-refractivity contribution in [2.45, 2.75) is 43.9 Å². The topological polar surface area (TPSA) is 32.3 Å². The summed E-state index contributed by atoms with van der Waals surface area (Å²) in [6, 6.07) is 1.28. The van der Waals surface area contributed by atoms with Crippen LogP contribution >= 0.6 is 13.5 Å². The van der Waals surface area contributed by atoms with E-state index in [9.17, 15) is 5.11 Å². The molecule has 1 unspecified atom stereocenters. The van der Waals surface area contributed by atoms with Gasteiger partial charge in [0.15, 0.2) is 0 Å². The fourth-order valence-electron chi connectivity index (χ4n) is 2.03. The first-order valence-corrected chi connectivity index (χ1v) is 3.79. The maximum Gasteiger partial charge on any atom is 0.0569 e. The Morgan fingerprint density at radius 2 is 1.60 bits per heavy atom. The van der Waals surface area contributed by atoms with Gasteiger partial charge in [0.05, 0.1) is 6.10 Å². The van der Waals surface area contributed by atoms with Crippen LogP contribution in [0.2, 0.25) is 0 Å². The molecule has 0 aromatic rings. The molecule has 2 nitrogen and oxygen atoms in total. The van der Waals surface area contributed by atoms with Gasteiger partial charge in [0, 0.05) is 12.1 Å². The van der Waals surface area contributed by atoms with Crippen LogP contribution in [-0.4, -0.2) is 23.3 Å². The van der Waals surface area contributed by atoms with Gasteiger partial charge in [-0.2, -0.15) is 13.5 Å². The van der Waals surface area contributed by atoms with Crippen LogP contribution in [0.5, 0.6) is 0 Å². The van der Waals surface area contributed by atoms with Crippen LogP contribution < -0.4 is 5.32 Å². The van der Waals surface area contributed by atoms with Crippen LogP contribution in [0.1, 0.15) is 25.7 Å². The highest BCUT2D eigenvalue weighted by molar-refractivity contribution is 7.59. The summed E-state index contributed by atoms with van der Waals surface area (Å²) in [5.41, 5.74) is 0. The molecule has 2 aliphatic rings. The first kappa shape index (κ1) is 8.37. The number of fused-ring (bicyclic) bond motifs is 2. The lowest BCUT2D eigenvalue weighted by Crippen LogP contribution is -2.40. The Morgan fingerprint density at radius 3 is 2.10 bits per heavy atom. The Balaban J connectivity index is 0.000000500. The van der Waals surface area contributed by atoms with E-state index in [1.165, 1.54) is 12.8 Å². The number of piperidine rings is 1. The standard InChI is InChI=1S/C7H13NO.H2S/c9-7-3-5-1-2-6(4-7)8-5;/h5-9H,1-4H2;1H2/t5-,6+,7?;. The van der Waals surface area contributed by atoms with E-state index in [1.807, 2.05) is 0 Å². The Kier molecular flexibility index (Phi) is 2.61. The SMILES string of the molecule is OC1C[C@H]2CC[C@@H](C1)N2.S. The lowest BCUT2D eigenvalue weighted by molar-refractivity contribution is 0.114. The van der Waals surface area contributed by atoms with Gasteiger partial charge in [-0.25, -0.2) is 0 Å². The molecule has 2 saturated heterocycles. The first-order valence-electron chi connectivity index (χ1n) is 3.79. The van der Waals surface area contributed by atoms with E-state index in [0.29, 0.717) is 12.1 Å². The van der Waals surface area contributed by atoms with Crippen LogP contribution in [0.3, 0.4) is 0 Å². The minimum Gasteiger partial charge on any atom is -0.393 e. The molecule has 2 N–H and O–H groups in total. The lowest BCUT2D eigenvalue weighted by atomic mass is 10.0. The molecule has 3 atom stereocenters. The lowest BCUT2D eigenvalue weighted by Gasteiger charge is -2.24. The van der Waals surface area contributed by atoms with Crippen molar-refractivity contribution in [3.8, 4) is 0 Å². The predicted octanol–water partition coefficient (Wildman–Crippen LogP) is 0.374. The maximum atomic E-state index is 9.25. The second kappa shape index (κ2) is 3.11. The van der Waals surface area contributed by atoms with Crippen molar-refractivity contribution < 1.29 is 5.11 Å². The van der Waals surface area contributed by atoms with Gasteiger partial charge in [-0.15, -0.1) is 0 Å². The Hall–Kier alpha value is 0.270. The highest BCUT2D eigenvalue weighted by Gasteiger charge is 2.31. The third-order valence-electron chi connectivity index (χ3n) is 2.45. The molecule has 2 rings (SSSR count). The Bertz CT molecular complexity index is 108. The molecule has 0 spiro atoms. The molecule has 0 aliphatic carbocycles. The second-order valence-electron chi connectivity index (χ2n) is 3.26. The van der Waals surface area contributed by atoms with E-state index in [4.69, 9.17) is 0 Å². The van der Waals surface area contributed by atoms with Crippen LogP contribution in [0.15, 0.2) is 0 Å². The smallest absolute Gasteiger partial charge is 0.0569 e. The fraction of sp³-hybridized carbons (Fsp3) is 1.00. The summed E-state index contributed by atoms with van der Waals surface area (Å²) in [7, 11) is 0. The Labute approximate surface area is 68.5 Å². The van der Waals surface area contributed by atoms with Crippen LogP contribution in [0.4, 0.5) is 0 Å². The van der Waals surface area contributed by atoms with E-state index < -0.39 is 0 Å². The molecule has 2 bridgehead atoms. The molecule has 3 heteroatoms. The minimum atomic E-state index is -0.0104. The fourth-order valence-corrected chi connectivity index (χ4v) is 2.03. The molecule has 2 heterocycles. The van der Waals surface area contributed by atoms with Crippen molar-refractivity contribution in [2.75, 3.05) is 0 Å². The van der Waals surface area contributed by atoms with E-state index in [0.717, 1.165) is 12.8 Å². The summed E-state index contributed by atoms with van der Waals surface area (Å²) in [6.07, 6.45) is 4.51. The monoisotopic (exact) mass is 161 g/mol. The molecule has 0 aromatic carbocycles. The number of rotatable bonds is 0. The minimum absolute atomic E-state index is 0. The normalized spacial score (nSPS) is 44.7. The molecule has 0 aromatic heterocycles. The van der Waals surface area contributed by atoms with Crippen molar-refractivity contribution >= 4 is 13.5 Å². The molecule has 2 fully saturated rings. The number of aliphatic hydroxyl groups is 1. The zero-order valence-corrected chi connectivity index (χ0v) is 7.01. The van der Waals surface area contributed by atoms with Crippen molar-refractivity contribution in [2.24, 2.45) is 0 Å². The summed E-state index contributed by atoms with van der Waals surface area (Å²) in [4.78, 5) is 0. The van der Waals surface area contributed by atoms with Crippen molar-refractivity contribution in [1.29, 1.82) is 0 Å². The van der Waals surface area contributed by atoms with Crippen molar-refractivity contribution in [3.63, 3.8) is 0 Å². The van der Waals surface area contributed by atoms with Gasteiger partial charge in [-0.05, 0) is 25.7 Å². The average molecular weight is 161 g/mol. The summed E-state index contributed by atoms with van der Waals surface area (Å²) >= 11 is 0. The van der Waals surface area contributed by atoms with Gasteiger partial charge in [0.2, 0.25) is 0 Å². The summed E-state index contributed by atoms with van der Waals surface area (Å²) in [5.74, 6) is 0. The van der Waals surface area contributed by atoms with E-state index >= 15 is 0 Å². The number of nitrogens with one attached hydrogen (secondary N) is 1. The summed E-state index contributed by atoms with van der Waals surface area (Å²) in [5, 5.41) is 12.7. The van der Waals surface area contributed by atoms with Crippen molar-refractivity contribution in [3.05, 3.63) is 0 Å². The quantitative estimate of drug-likeness (QED) is 0.538. The molecular formula is C7H15NOS. The highest BCUT2D eigenvalue weighted by atomic mass is 32.1. The van der Waals surface area contributed by atoms with Crippen LogP contribution in [0.25, 0.3) is 0 Å². The number of hydrogen-bond acceptors (Lipinski definition) is 2. The van der Waals surface area contributed by atoms with Gasteiger partial charge in [0.25, 0.3) is 0 Å². The second-order valence-corrected chi connectivity index (χ2v) is 3.26. The van der Waals surface area contributed by atoms with Gasteiger partial charge in [-0.1, -0.05) is 0 Å². The largest absolute Gasteiger partial charge is 0.393 e. The molecule has 0 radical (unpaired) electrons. The number of aliphatic hydroxyl groups excluding tert-OH is 1. The van der Waals surface area contributed by atoms with E-state index in [1.54, 1.807) is 0 Å². The number of hydrogen-bond donors (Lipinski definition) is 2. The third kappa shape index (κ3) is 1.47. The average Bonchev–Trinajstić information content (AvgIpc) is 2.11. The van der Waals surface area contributed by atoms with Gasteiger partial charge >= 0.3 is 0 Å². The predicted molar refractivity (Wildman–Crippen MR) is 45.6 cm³/mol. The molecule has 2 aliphatic heterocycles. The molecule has 60 valence electrons. The summed E-state index contributed by atoms with van der Waals surface area (Å²) in [6.45, 7) is 0.